The lowest BCUT2D eigenvalue weighted by atomic mass is 9.87. The van der Waals surface area contributed by atoms with E-state index >= 15 is 0 Å². The van der Waals surface area contributed by atoms with Crippen LogP contribution >= 0.6 is 11.3 Å². The van der Waals surface area contributed by atoms with Gasteiger partial charge in [-0.15, -0.1) is 11.3 Å². The number of furan rings is 1. The van der Waals surface area contributed by atoms with Crippen molar-refractivity contribution in [2.24, 2.45) is 11.8 Å². The molecule has 0 spiro atoms. The van der Waals surface area contributed by atoms with Gasteiger partial charge in [-0.25, -0.2) is 24.2 Å². The van der Waals surface area contributed by atoms with Gasteiger partial charge in [-0.2, -0.15) is 0 Å². The second-order valence-electron chi connectivity index (χ2n) is 20.5. The lowest BCUT2D eigenvalue weighted by Gasteiger charge is -2.27. The Morgan fingerprint density at radius 1 is 0.590 bits per heavy atom. The Balaban J connectivity index is 0.804. The Labute approximate surface area is 485 Å². The van der Waals surface area contributed by atoms with Gasteiger partial charge in [0.05, 0.1) is 60.5 Å². The molecule has 18 nitrogen and oxygen atoms in total. The third kappa shape index (κ3) is 17.6. The fourth-order valence-electron chi connectivity index (χ4n) is 9.80. The molecule has 438 valence electrons. The van der Waals surface area contributed by atoms with E-state index in [1.807, 2.05) is 26.0 Å². The van der Waals surface area contributed by atoms with E-state index in [0.717, 1.165) is 60.8 Å². The summed E-state index contributed by atoms with van der Waals surface area (Å²) in [6, 6.07) is 22.7. The molecule has 0 atom stereocenters. The maximum Gasteiger partial charge on any atom is 0.340 e. The highest BCUT2D eigenvalue weighted by atomic mass is 32.1. The Hall–Kier alpha value is -8.32. The summed E-state index contributed by atoms with van der Waals surface area (Å²) in [5.74, 6) is -1.80. The van der Waals surface area contributed by atoms with Gasteiger partial charge >= 0.3 is 41.8 Å². The number of carbonyl (C=O) groups is 7. The highest BCUT2D eigenvalue weighted by Crippen LogP contribution is 2.42. The highest BCUT2D eigenvalue weighted by Gasteiger charge is 2.33. The number of thiazole rings is 1. The fourth-order valence-corrected chi connectivity index (χ4v) is 10.8. The molecule has 2 aromatic heterocycles. The number of benzene rings is 4. The number of esters is 7. The van der Waals surface area contributed by atoms with Crippen molar-refractivity contribution in [3.05, 3.63) is 126 Å². The monoisotopic (exact) mass is 1160 g/mol. The van der Waals surface area contributed by atoms with Crippen molar-refractivity contribution >= 4 is 74.3 Å². The standard InChI is InChI=1S/C64H69NO17S/c1-5-55(66)75-34-11-7-9-32-73-45-19-13-42(14-20-45)61(69)78-47-21-17-44(18-22-47)63(71)82-52-30-29-50(58-59(52)83-60(65-58)54-39-51-41(4)37-40(3)38-53(51)81-54)64(72)80-48-23-15-43(16-24-48)62(70)79-49-27-25-46(26-28-49)74-33-10-8-12-35-76-57(68)31-36-77-56(67)6-2/h5-6,13-14,19-20,25-30,37-39,43-44,47-48H,1-2,7-12,15-18,21-24,31-36H2,3-4H3. The number of fused-ring (bicyclic) bond motifs is 2. The number of unbranched alkanes of at least 4 members (excludes halogenated alkanes) is 4. The molecule has 2 saturated carbocycles. The van der Waals surface area contributed by atoms with Gasteiger partial charge < -0.3 is 47.0 Å². The average Bonchev–Trinajstić information content (AvgIpc) is 2.53. The van der Waals surface area contributed by atoms with Crippen LogP contribution in [-0.2, 0) is 47.7 Å². The van der Waals surface area contributed by atoms with Crippen LogP contribution in [0.2, 0.25) is 0 Å². The molecule has 2 heterocycles. The number of aryl methyl sites for hydroxylation is 2. The summed E-state index contributed by atoms with van der Waals surface area (Å²) < 4.78 is 57.1. The molecule has 6 aromatic rings. The van der Waals surface area contributed by atoms with Crippen molar-refractivity contribution in [3.8, 4) is 33.8 Å². The van der Waals surface area contributed by atoms with Crippen LogP contribution < -0.4 is 18.9 Å². The molecule has 8 rings (SSSR count). The van der Waals surface area contributed by atoms with Crippen LogP contribution in [-0.4, -0.2) is 92.0 Å². The minimum atomic E-state index is -0.594. The number of rotatable bonds is 28. The quantitative estimate of drug-likeness (QED) is 0.0146. The van der Waals surface area contributed by atoms with Crippen LogP contribution in [0.25, 0.3) is 32.0 Å². The summed E-state index contributed by atoms with van der Waals surface area (Å²) in [5.41, 5.74) is 3.67. The van der Waals surface area contributed by atoms with Crippen LogP contribution in [0.1, 0.15) is 128 Å². The molecule has 0 amide bonds. The Bertz CT molecular complexity index is 3250. The fraction of sp³-hybridized carbons (Fsp3) is 0.406. The van der Waals surface area contributed by atoms with Gasteiger partial charge in [0.2, 0.25) is 0 Å². The van der Waals surface area contributed by atoms with Gasteiger partial charge in [0.25, 0.3) is 0 Å². The summed E-state index contributed by atoms with van der Waals surface area (Å²) >= 11 is 1.24. The van der Waals surface area contributed by atoms with Crippen LogP contribution in [0.5, 0.6) is 23.0 Å². The molecule has 4 aromatic carbocycles. The highest BCUT2D eigenvalue weighted by molar-refractivity contribution is 7.22. The summed E-state index contributed by atoms with van der Waals surface area (Å²) in [5, 5.41) is 1.42. The van der Waals surface area contributed by atoms with Gasteiger partial charge in [0.1, 0.15) is 52.9 Å². The second-order valence-corrected chi connectivity index (χ2v) is 21.5. The van der Waals surface area contributed by atoms with Gasteiger partial charge in [0.15, 0.2) is 10.8 Å². The predicted molar refractivity (Wildman–Crippen MR) is 307 cm³/mol. The van der Waals surface area contributed by atoms with Gasteiger partial charge in [0, 0.05) is 17.5 Å². The molecule has 2 aliphatic carbocycles. The third-order valence-corrected chi connectivity index (χ3v) is 15.4. The molecule has 19 heteroatoms. The number of carbonyl (C=O) groups excluding carboxylic acids is 7. The minimum absolute atomic E-state index is 0.0176. The number of ether oxygens (including phenoxy) is 9. The number of nitrogens with zero attached hydrogens (tertiary/aromatic N) is 1. The van der Waals surface area contributed by atoms with E-state index in [0.29, 0.717) is 127 Å². The lowest BCUT2D eigenvalue weighted by Crippen LogP contribution is -2.30. The molecule has 0 N–H and O–H groups in total. The predicted octanol–water partition coefficient (Wildman–Crippen LogP) is 12.5. The van der Waals surface area contributed by atoms with Crippen LogP contribution in [0.15, 0.2) is 109 Å². The van der Waals surface area contributed by atoms with Crippen LogP contribution in [0.4, 0.5) is 0 Å². The molecule has 0 radical (unpaired) electrons. The van der Waals surface area contributed by atoms with E-state index in [-0.39, 0.29) is 48.9 Å². The van der Waals surface area contributed by atoms with Crippen molar-refractivity contribution in [3.63, 3.8) is 0 Å². The molecule has 2 fully saturated rings. The van der Waals surface area contributed by atoms with E-state index in [4.69, 9.17) is 52.0 Å². The topological polar surface area (TPSA) is 229 Å². The lowest BCUT2D eigenvalue weighted by molar-refractivity contribution is -0.147. The zero-order valence-electron chi connectivity index (χ0n) is 46.8. The smallest absolute Gasteiger partial charge is 0.340 e. The van der Waals surface area contributed by atoms with E-state index in [9.17, 15) is 33.6 Å². The molecular weight excluding hydrogens is 1090 g/mol. The molecule has 0 aliphatic heterocycles. The first-order chi connectivity index (χ1) is 40.2. The summed E-state index contributed by atoms with van der Waals surface area (Å²) in [6.45, 7) is 12.1. The molecule has 2 aliphatic rings. The Morgan fingerprint density at radius 2 is 1.13 bits per heavy atom. The third-order valence-electron chi connectivity index (χ3n) is 14.3. The zero-order chi connectivity index (χ0) is 58.7. The van der Waals surface area contributed by atoms with Crippen molar-refractivity contribution in [2.45, 2.75) is 122 Å². The Morgan fingerprint density at radius 3 is 1.75 bits per heavy atom. The first kappa shape index (κ1) is 60.8. The first-order valence-corrected chi connectivity index (χ1v) is 29.0. The molecule has 0 saturated heterocycles. The normalized spacial score (nSPS) is 16.7. The zero-order valence-corrected chi connectivity index (χ0v) is 47.6. The number of hydrogen-bond acceptors (Lipinski definition) is 19. The maximum absolute atomic E-state index is 14.1. The Kier molecular flexibility index (Phi) is 22.0. The van der Waals surface area contributed by atoms with Crippen molar-refractivity contribution < 1.29 is 80.6 Å². The largest absolute Gasteiger partial charge is 0.494 e. The van der Waals surface area contributed by atoms with E-state index in [2.05, 4.69) is 19.2 Å². The van der Waals surface area contributed by atoms with Crippen molar-refractivity contribution in [1.82, 2.24) is 4.98 Å². The SMILES string of the molecule is C=CC(=O)OCCCCCOc1ccc(C(=O)OC2CCC(C(=O)Oc3ccc(C(=O)OC4CCC(C(=O)Oc5ccc(OCCCCCOC(=O)CCOC(=O)C=C)cc5)CC4)c4nc(-c5cc6c(C)cc(C)cc6o5)sc34)CC2)cc1. The first-order valence-electron chi connectivity index (χ1n) is 28.2. The minimum Gasteiger partial charge on any atom is -0.494 e. The van der Waals surface area contributed by atoms with E-state index < -0.39 is 47.8 Å². The molecule has 0 bridgehead atoms. The van der Waals surface area contributed by atoms with Gasteiger partial charge in [-0.3, -0.25) is 14.4 Å². The van der Waals surface area contributed by atoms with Crippen LogP contribution in [0.3, 0.4) is 0 Å². The second kappa shape index (κ2) is 30.1. The van der Waals surface area contributed by atoms with Gasteiger partial charge in [-0.05, 0) is 188 Å². The maximum atomic E-state index is 14.1. The van der Waals surface area contributed by atoms with E-state index in [1.54, 1.807) is 60.7 Å². The molecule has 83 heavy (non-hydrogen) atoms. The summed E-state index contributed by atoms with van der Waals surface area (Å²) in [4.78, 5) is 93.3. The molecule has 0 unspecified atom stereocenters. The summed E-state index contributed by atoms with van der Waals surface area (Å²) in [7, 11) is 0. The van der Waals surface area contributed by atoms with Gasteiger partial charge in [-0.1, -0.05) is 19.2 Å². The van der Waals surface area contributed by atoms with Crippen LogP contribution in [0, 0.1) is 25.7 Å². The van der Waals surface area contributed by atoms with Crippen molar-refractivity contribution in [2.75, 3.05) is 33.0 Å². The summed E-state index contributed by atoms with van der Waals surface area (Å²) in [6.07, 6.45) is 9.42. The van der Waals surface area contributed by atoms with E-state index in [1.165, 1.54) is 11.3 Å². The number of aromatic nitrogens is 1. The molecular formula is C64H69NO17S. The van der Waals surface area contributed by atoms with Crippen molar-refractivity contribution in [1.29, 1.82) is 0 Å². The average molecular weight is 1160 g/mol. The number of hydrogen-bond donors (Lipinski definition) is 0.